The second-order valence-corrected chi connectivity index (χ2v) is 7.07. The Kier molecular flexibility index (Phi) is 4.33. The SMILES string of the molecule is Oc1c([C@@H](Nc2cccc[nH+]2)c2ccc3c(c2)OCO3)cc(Cl)c2cccnc12. The van der Waals surface area contributed by atoms with Gasteiger partial charge in [0.25, 0.3) is 5.82 Å². The number of phenolic OH excluding ortho intramolecular Hbond substituents is 1. The van der Waals surface area contributed by atoms with Gasteiger partial charge in [-0.05, 0) is 36.4 Å². The van der Waals surface area contributed by atoms with Crippen LogP contribution in [0.1, 0.15) is 17.2 Å². The van der Waals surface area contributed by atoms with Crippen molar-refractivity contribution in [1.29, 1.82) is 0 Å². The second-order valence-electron chi connectivity index (χ2n) is 6.66. The highest BCUT2D eigenvalue weighted by molar-refractivity contribution is 6.35. The smallest absolute Gasteiger partial charge is 0.272 e. The van der Waals surface area contributed by atoms with Gasteiger partial charge in [0.1, 0.15) is 17.3 Å². The number of aromatic hydroxyl groups is 1. The number of halogens is 1. The van der Waals surface area contributed by atoms with Crippen LogP contribution >= 0.6 is 11.6 Å². The van der Waals surface area contributed by atoms with E-state index in [0.717, 1.165) is 11.4 Å². The lowest BCUT2D eigenvalue weighted by Crippen LogP contribution is -2.19. The summed E-state index contributed by atoms with van der Waals surface area (Å²) in [7, 11) is 0. The molecule has 0 spiro atoms. The van der Waals surface area contributed by atoms with Crippen LogP contribution in [0.15, 0.2) is 67.0 Å². The third kappa shape index (κ3) is 3.17. The molecular formula is C22H17ClN3O3+. The van der Waals surface area contributed by atoms with Crippen LogP contribution in [0.5, 0.6) is 17.2 Å². The molecule has 0 aliphatic carbocycles. The molecule has 3 N–H and O–H groups in total. The number of anilines is 1. The van der Waals surface area contributed by atoms with E-state index < -0.39 is 6.04 Å². The fraction of sp³-hybridized carbons (Fsp3) is 0.0909. The van der Waals surface area contributed by atoms with Crippen molar-refractivity contribution < 1.29 is 19.6 Å². The van der Waals surface area contributed by atoms with E-state index in [0.29, 0.717) is 33.0 Å². The summed E-state index contributed by atoms with van der Waals surface area (Å²) in [5.41, 5.74) is 1.95. The first-order chi connectivity index (χ1) is 14.2. The fourth-order valence-electron chi connectivity index (χ4n) is 3.50. The lowest BCUT2D eigenvalue weighted by Gasteiger charge is -2.18. The topological polar surface area (TPSA) is 77.8 Å². The molecular weight excluding hydrogens is 390 g/mol. The van der Waals surface area contributed by atoms with Gasteiger partial charge in [0.2, 0.25) is 6.79 Å². The van der Waals surface area contributed by atoms with E-state index in [1.807, 2.05) is 48.7 Å². The molecule has 144 valence electrons. The molecule has 29 heavy (non-hydrogen) atoms. The van der Waals surface area contributed by atoms with Gasteiger partial charge in [-0.15, -0.1) is 0 Å². The van der Waals surface area contributed by atoms with Crippen molar-refractivity contribution >= 4 is 28.3 Å². The number of benzene rings is 2. The van der Waals surface area contributed by atoms with Crippen LogP contribution in [0.4, 0.5) is 5.82 Å². The van der Waals surface area contributed by atoms with Crippen LogP contribution < -0.4 is 19.8 Å². The number of phenols is 1. The summed E-state index contributed by atoms with van der Waals surface area (Å²) in [6.07, 6.45) is 3.46. The molecule has 6 nitrogen and oxygen atoms in total. The average Bonchev–Trinajstić information content (AvgIpc) is 3.23. The zero-order valence-corrected chi connectivity index (χ0v) is 16.0. The number of H-pyrrole nitrogens is 1. The zero-order chi connectivity index (χ0) is 19.8. The van der Waals surface area contributed by atoms with E-state index in [2.05, 4.69) is 15.3 Å². The van der Waals surface area contributed by atoms with Gasteiger partial charge in [-0.2, -0.15) is 0 Å². The molecule has 0 saturated carbocycles. The summed E-state index contributed by atoms with van der Waals surface area (Å²) >= 11 is 6.53. The highest BCUT2D eigenvalue weighted by Crippen LogP contribution is 2.42. The van der Waals surface area contributed by atoms with E-state index >= 15 is 0 Å². The molecule has 7 heteroatoms. The summed E-state index contributed by atoms with van der Waals surface area (Å²) in [5.74, 6) is 2.22. The van der Waals surface area contributed by atoms with E-state index in [-0.39, 0.29) is 12.5 Å². The third-order valence-electron chi connectivity index (χ3n) is 4.89. The van der Waals surface area contributed by atoms with Gasteiger partial charge in [-0.25, -0.2) is 4.98 Å². The Bertz CT molecular complexity index is 1200. The molecule has 5 rings (SSSR count). The second kappa shape index (κ2) is 7.14. The Morgan fingerprint density at radius 2 is 1.97 bits per heavy atom. The molecule has 0 radical (unpaired) electrons. The number of nitrogens with one attached hydrogen (secondary N) is 2. The van der Waals surface area contributed by atoms with Crippen molar-refractivity contribution in [3.8, 4) is 17.2 Å². The quantitative estimate of drug-likeness (QED) is 0.527. The van der Waals surface area contributed by atoms with Crippen molar-refractivity contribution in [3.63, 3.8) is 0 Å². The number of hydrogen-bond donors (Lipinski definition) is 2. The molecule has 0 fully saturated rings. The maximum absolute atomic E-state index is 11.0. The molecule has 1 aliphatic heterocycles. The van der Waals surface area contributed by atoms with Gasteiger partial charge in [0.05, 0.1) is 11.2 Å². The van der Waals surface area contributed by atoms with E-state index in [4.69, 9.17) is 21.1 Å². The Morgan fingerprint density at radius 3 is 2.83 bits per heavy atom. The minimum Gasteiger partial charge on any atom is -0.505 e. The molecule has 0 bridgehead atoms. The summed E-state index contributed by atoms with van der Waals surface area (Å²) in [6, 6.07) is 16.4. The third-order valence-corrected chi connectivity index (χ3v) is 5.21. The van der Waals surface area contributed by atoms with Crippen LogP contribution in [0, 0.1) is 0 Å². The van der Waals surface area contributed by atoms with Gasteiger partial charge >= 0.3 is 0 Å². The molecule has 3 heterocycles. The fourth-order valence-corrected chi connectivity index (χ4v) is 3.77. The number of nitrogens with zero attached hydrogens (tertiary/aromatic N) is 1. The summed E-state index contributed by atoms with van der Waals surface area (Å²) in [6.45, 7) is 0.195. The van der Waals surface area contributed by atoms with Crippen molar-refractivity contribution in [2.45, 2.75) is 6.04 Å². The van der Waals surface area contributed by atoms with E-state index in [1.54, 1.807) is 18.3 Å². The zero-order valence-electron chi connectivity index (χ0n) is 15.2. The van der Waals surface area contributed by atoms with Crippen molar-refractivity contribution in [1.82, 2.24) is 4.98 Å². The Hall–Kier alpha value is -3.51. The van der Waals surface area contributed by atoms with Crippen molar-refractivity contribution in [2.75, 3.05) is 12.1 Å². The number of pyridine rings is 2. The van der Waals surface area contributed by atoms with Gasteiger partial charge in [-0.1, -0.05) is 23.7 Å². The van der Waals surface area contributed by atoms with E-state index in [9.17, 15) is 5.11 Å². The molecule has 2 aromatic heterocycles. The van der Waals surface area contributed by atoms with E-state index in [1.165, 1.54) is 0 Å². The molecule has 1 atom stereocenters. The Balaban J connectivity index is 1.68. The number of hydrogen-bond acceptors (Lipinski definition) is 5. The predicted octanol–water partition coefficient (Wildman–Crippen LogP) is 4.34. The summed E-state index contributed by atoms with van der Waals surface area (Å²) in [4.78, 5) is 7.49. The highest BCUT2D eigenvalue weighted by atomic mass is 35.5. The maximum Gasteiger partial charge on any atom is 0.272 e. The number of ether oxygens (including phenoxy) is 2. The standard InChI is InChI=1S/C22H16ClN3O3/c23-16-11-15(22(27)21-14(16)4-3-9-25-21)20(26-19-5-1-2-8-24-19)13-6-7-17-18(10-13)29-12-28-17/h1-11,20,27H,12H2,(H,24,26)/p+1/t20-/m0/s1. The molecule has 0 saturated heterocycles. The monoisotopic (exact) mass is 406 g/mol. The molecule has 1 aliphatic rings. The van der Waals surface area contributed by atoms with Gasteiger partial charge in [-0.3, -0.25) is 10.3 Å². The Morgan fingerprint density at radius 1 is 1.07 bits per heavy atom. The number of aromatic nitrogens is 2. The van der Waals surface area contributed by atoms with Crippen LogP contribution in [0.3, 0.4) is 0 Å². The molecule has 0 amide bonds. The van der Waals surface area contributed by atoms with Crippen molar-refractivity contribution in [2.24, 2.45) is 0 Å². The number of rotatable bonds is 4. The largest absolute Gasteiger partial charge is 0.505 e. The minimum absolute atomic E-state index is 0.0797. The molecule has 0 unspecified atom stereocenters. The lowest BCUT2D eigenvalue weighted by atomic mass is 9.95. The first kappa shape index (κ1) is 17.6. The average molecular weight is 407 g/mol. The van der Waals surface area contributed by atoms with Crippen LogP contribution in [-0.2, 0) is 0 Å². The van der Waals surface area contributed by atoms with Gasteiger partial charge in [0, 0.05) is 28.8 Å². The summed E-state index contributed by atoms with van der Waals surface area (Å²) < 4.78 is 11.0. The van der Waals surface area contributed by atoms with Gasteiger partial charge in [0.15, 0.2) is 11.5 Å². The van der Waals surface area contributed by atoms with Crippen LogP contribution in [-0.4, -0.2) is 16.9 Å². The summed E-state index contributed by atoms with van der Waals surface area (Å²) in [5, 5.41) is 15.7. The van der Waals surface area contributed by atoms with Gasteiger partial charge < -0.3 is 14.6 Å². The minimum atomic E-state index is -0.410. The first-order valence-electron chi connectivity index (χ1n) is 9.09. The normalized spacial score (nSPS) is 13.4. The Labute approximate surface area is 171 Å². The molecule has 4 aromatic rings. The number of aromatic amines is 1. The van der Waals surface area contributed by atoms with Crippen molar-refractivity contribution in [3.05, 3.63) is 83.1 Å². The first-order valence-corrected chi connectivity index (χ1v) is 9.47. The molecule has 2 aromatic carbocycles. The predicted molar refractivity (Wildman–Crippen MR) is 109 cm³/mol. The van der Waals surface area contributed by atoms with Crippen LogP contribution in [0.25, 0.3) is 10.9 Å². The number of fused-ring (bicyclic) bond motifs is 2. The van der Waals surface area contributed by atoms with Crippen LogP contribution in [0.2, 0.25) is 5.02 Å². The highest BCUT2D eigenvalue weighted by Gasteiger charge is 2.27. The lowest BCUT2D eigenvalue weighted by molar-refractivity contribution is -0.361. The maximum atomic E-state index is 11.0.